The Hall–Kier alpha value is -3.94. The predicted molar refractivity (Wildman–Crippen MR) is 134 cm³/mol. The smallest absolute Gasteiger partial charge is 0.257 e. The van der Waals surface area contributed by atoms with Crippen LogP contribution in [-0.4, -0.2) is 21.8 Å². The summed E-state index contributed by atoms with van der Waals surface area (Å²) in [4.78, 5) is 33.8. The molecule has 0 unspecified atom stereocenters. The fourth-order valence-electron chi connectivity index (χ4n) is 3.22. The lowest BCUT2D eigenvalue weighted by molar-refractivity contribution is 0.0948. The Bertz CT molecular complexity index is 1360. The third kappa shape index (κ3) is 5.33. The molecule has 34 heavy (non-hydrogen) atoms. The molecule has 4 aromatic rings. The average Bonchev–Trinajstić information content (AvgIpc) is 2.85. The number of nitrogens with one attached hydrogen (secondary N) is 2. The third-order valence-corrected chi connectivity index (χ3v) is 5.63. The molecule has 2 aromatic heterocycles. The van der Waals surface area contributed by atoms with Crippen LogP contribution in [0.5, 0.6) is 0 Å². The van der Waals surface area contributed by atoms with E-state index in [2.05, 4.69) is 20.6 Å². The maximum absolute atomic E-state index is 12.8. The van der Waals surface area contributed by atoms with E-state index >= 15 is 0 Å². The quantitative estimate of drug-likeness (QED) is 0.342. The number of hydrogen-bond acceptors (Lipinski definition) is 5. The monoisotopic (exact) mass is 491 g/mol. The lowest BCUT2D eigenvalue weighted by Gasteiger charge is -2.11. The molecule has 0 saturated carbocycles. The normalized spacial score (nSPS) is 10.5. The Morgan fingerprint density at radius 3 is 2.41 bits per heavy atom. The van der Waals surface area contributed by atoms with Crippen molar-refractivity contribution in [2.24, 2.45) is 0 Å². The molecule has 4 N–H and O–H groups in total. The number of pyridine rings is 2. The van der Waals surface area contributed by atoms with Gasteiger partial charge in [-0.2, -0.15) is 0 Å². The fraction of sp³-hybridized carbons (Fsp3) is 0.0400. The number of amides is 2. The van der Waals surface area contributed by atoms with Crippen molar-refractivity contribution in [1.82, 2.24) is 15.3 Å². The molecule has 0 aliphatic carbocycles. The van der Waals surface area contributed by atoms with Gasteiger partial charge < -0.3 is 16.4 Å². The Labute approximate surface area is 206 Å². The number of carbonyl (C=O) groups excluding carboxylic acids is 2. The van der Waals surface area contributed by atoms with Gasteiger partial charge in [0, 0.05) is 29.2 Å². The molecule has 4 rings (SSSR count). The standard InChI is InChI=1S/C25H19Cl2N5O2/c26-19-9-7-16(13-18(19)22-5-1-2-10-29-22)32-25(34)17-8-6-15(12-20(17)27)24(33)31-14-23-21(28)4-3-11-30-23/h1-13H,14,28H2,(H,31,33)(H,32,34). The van der Waals surface area contributed by atoms with Gasteiger partial charge in [-0.05, 0) is 60.7 Å². The minimum atomic E-state index is -0.424. The molecule has 0 bridgehead atoms. The van der Waals surface area contributed by atoms with Gasteiger partial charge in [-0.25, -0.2) is 0 Å². The minimum absolute atomic E-state index is 0.140. The summed E-state index contributed by atoms with van der Waals surface area (Å²) in [5, 5.41) is 6.20. The Balaban J connectivity index is 1.46. The first-order valence-electron chi connectivity index (χ1n) is 10.2. The minimum Gasteiger partial charge on any atom is -0.397 e. The van der Waals surface area contributed by atoms with Crippen LogP contribution in [0.4, 0.5) is 11.4 Å². The second kappa shape index (κ2) is 10.3. The van der Waals surface area contributed by atoms with Gasteiger partial charge in [0.25, 0.3) is 11.8 Å². The number of carbonyl (C=O) groups is 2. The van der Waals surface area contributed by atoms with E-state index in [1.807, 2.05) is 18.2 Å². The highest BCUT2D eigenvalue weighted by atomic mass is 35.5. The van der Waals surface area contributed by atoms with Gasteiger partial charge in [-0.3, -0.25) is 19.6 Å². The van der Waals surface area contributed by atoms with Crippen LogP contribution in [0.25, 0.3) is 11.3 Å². The zero-order valence-electron chi connectivity index (χ0n) is 17.8. The van der Waals surface area contributed by atoms with E-state index in [-0.39, 0.29) is 23.0 Å². The van der Waals surface area contributed by atoms with E-state index in [9.17, 15) is 9.59 Å². The van der Waals surface area contributed by atoms with Gasteiger partial charge in [-0.15, -0.1) is 0 Å². The van der Waals surface area contributed by atoms with Crippen LogP contribution < -0.4 is 16.4 Å². The molecule has 0 spiro atoms. The van der Waals surface area contributed by atoms with Crippen LogP contribution in [0.1, 0.15) is 26.4 Å². The maximum Gasteiger partial charge on any atom is 0.257 e. The molecule has 170 valence electrons. The number of halogens is 2. The molecule has 2 heterocycles. The van der Waals surface area contributed by atoms with Crippen molar-refractivity contribution >= 4 is 46.4 Å². The summed E-state index contributed by atoms with van der Waals surface area (Å²) in [6, 6.07) is 18.5. The summed E-state index contributed by atoms with van der Waals surface area (Å²) in [5.74, 6) is -0.788. The second-order valence-corrected chi connectivity index (χ2v) is 8.09. The summed E-state index contributed by atoms with van der Waals surface area (Å²) >= 11 is 12.6. The maximum atomic E-state index is 12.8. The molecule has 7 nitrogen and oxygen atoms in total. The van der Waals surface area contributed by atoms with Crippen molar-refractivity contribution in [1.29, 1.82) is 0 Å². The third-order valence-electron chi connectivity index (χ3n) is 4.98. The molecular weight excluding hydrogens is 473 g/mol. The van der Waals surface area contributed by atoms with E-state index < -0.39 is 5.91 Å². The van der Waals surface area contributed by atoms with Gasteiger partial charge in [0.15, 0.2) is 0 Å². The van der Waals surface area contributed by atoms with Crippen LogP contribution >= 0.6 is 23.2 Å². The SMILES string of the molecule is Nc1cccnc1CNC(=O)c1ccc(C(=O)Nc2ccc(Cl)c(-c3ccccn3)c2)c(Cl)c1. The molecule has 0 saturated heterocycles. The molecule has 0 atom stereocenters. The van der Waals surface area contributed by atoms with Crippen LogP contribution in [-0.2, 0) is 6.54 Å². The Morgan fingerprint density at radius 1 is 0.853 bits per heavy atom. The molecule has 2 amide bonds. The molecule has 0 radical (unpaired) electrons. The first kappa shape index (κ1) is 23.2. The zero-order valence-corrected chi connectivity index (χ0v) is 19.3. The Morgan fingerprint density at radius 2 is 1.68 bits per heavy atom. The van der Waals surface area contributed by atoms with Crippen molar-refractivity contribution in [2.75, 3.05) is 11.1 Å². The summed E-state index contributed by atoms with van der Waals surface area (Å²) in [7, 11) is 0. The molecule has 2 aromatic carbocycles. The predicted octanol–water partition coefficient (Wildman–Crippen LogP) is 5.21. The number of nitrogen functional groups attached to an aromatic ring is 1. The molecule has 0 aliphatic rings. The van der Waals surface area contributed by atoms with Gasteiger partial charge >= 0.3 is 0 Å². The summed E-state index contributed by atoms with van der Waals surface area (Å²) in [6.07, 6.45) is 3.27. The molecule has 0 aliphatic heterocycles. The highest BCUT2D eigenvalue weighted by Crippen LogP contribution is 2.29. The van der Waals surface area contributed by atoms with Gasteiger partial charge in [0.2, 0.25) is 0 Å². The number of nitrogens with two attached hydrogens (primary N) is 1. The van der Waals surface area contributed by atoms with Gasteiger partial charge in [-0.1, -0.05) is 29.3 Å². The number of rotatable bonds is 6. The first-order valence-corrected chi connectivity index (χ1v) is 11.0. The molecule has 0 fully saturated rings. The van der Waals surface area contributed by atoms with Crippen molar-refractivity contribution in [3.05, 3.63) is 106 Å². The summed E-state index contributed by atoms with van der Waals surface area (Å²) < 4.78 is 0. The number of benzene rings is 2. The number of aromatic nitrogens is 2. The van der Waals surface area contributed by atoms with Crippen molar-refractivity contribution < 1.29 is 9.59 Å². The fourth-order valence-corrected chi connectivity index (χ4v) is 3.71. The lowest BCUT2D eigenvalue weighted by atomic mass is 10.1. The number of anilines is 2. The number of nitrogens with zero attached hydrogens (tertiary/aromatic N) is 2. The van der Waals surface area contributed by atoms with Crippen molar-refractivity contribution in [3.8, 4) is 11.3 Å². The average molecular weight is 492 g/mol. The van der Waals surface area contributed by atoms with Crippen LogP contribution in [0, 0.1) is 0 Å². The number of hydrogen-bond donors (Lipinski definition) is 3. The van der Waals surface area contributed by atoms with E-state index in [4.69, 9.17) is 28.9 Å². The van der Waals surface area contributed by atoms with Crippen molar-refractivity contribution in [2.45, 2.75) is 6.54 Å². The highest BCUT2D eigenvalue weighted by Gasteiger charge is 2.15. The summed E-state index contributed by atoms with van der Waals surface area (Å²) in [5.41, 5.74) is 9.32. The van der Waals surface area contributed by atoms with Crippen LogP contribution in [0.15, 0.2) is 79.1 Å². The van der Waals surface area contributed by atoms with E-state index in [0.29, 0.717) is 38.9 Å². The first-order chi connectivity index (χ1) is 16.4. The highest BCUT2D eigenvalue weighted by molar-refractivity contribution is 6.35. The molecule has 9 heteroatoms. The Kier molecular flexibility index (Phi) is 7.06. The van der Waals surface area contributed by atoms with Crippen molar-refractivity contribution in [3.63, 3.8) is 0 Å². The van der Waals surface area contributed by atoms with Crippen LogP contribution in [0.2, 0.25) is 10.0 Å². The van der Waals surface area contributed by atoms with E-state index in [1.54, 1.807) is 42.7 Å². The molecular formula is C25H19Cl2N5O2. The second-order valence-electron chi connectivity index (χ2n) is 7.28. The van der Waals surface area contributed by atoms with E-state index in [0.717, 1.165) is 0 Å². The topological polar surface area (TPSA) is 110 Å². The summed E-state index contributed by atoms with van der Waals surface area (Å²) in [6.45, 7) is 0.167. The zero-order chi connectivity index (χ0) is 24.1. The van der Waals surface area contributed by atoms with Crippen LogP contribution in [0.3, 0.4) is 0 Å². The van der Waals surface area contributed by atoms with Gasteiger partial charge in [0.05, 0.1) is 39.2 Å². The largest absolute Gasteiger partial charge is 0.397 e. The lowest BCUT2D eigenvalue weighted by Crippen LogP contribution is -2.24. The van der Waals surface area contributed by atoms with Gasteiger partial charge in [0.1, 0.15) is 0 Å². The van der Waals surface area contributed by atoms with E-state index in [1.165, 1.54) is 18.2 Å².